The van der Waals surface area contributed by atoms with Crippen molar-refractivity contribution in [1.29, 1.82) is 0 Å². The second kappa shape index (κ2) is 8.08. The Morgan fingerprint density at radius 3 is 2.52 bits per heavy atom. The van der Waals surface area contributed by atoms with Gasteiger partial charge < -0.3 is 20.5 Å². The lowest BCUT2D eigenvalue weighted by Gasteiger charge is -2.10. The first-order valence-corrected chi connectivity index (χ1v) is 7.43. The van der Waals surface area contributed by atoms with Gasteiger partial charge in [-0.2, -0.15) is 0 Å². The third kappa shape index (κ3) is 4.64. The number of benzene rings is 2. The van der Waals surface area contributed by atoms with Crippen LogP contribution in [-0.4, -0.2) is 20.2 Å². The van der Waals surface area contributed by atoms with E-state index >= 15 is 0 Å². The van der Waals surface area contributed by atoms with Crippen LogP contribution in [0.4, 0.5) is 0 Å². The molecule has 0 heterocycles. The van der Waals surface area contributed by atoms with E-state index in [1.807, 2.05) is 30.3 Å². The van der Waals surface area contributed by atoms with Crippen molar-refractivity contribution in [2.45, 2.75) is 20.0 Å². The van der Waals surface area contributed by atoms with E-state index in [0.29, 0.717) is 30.5 Å². The number of hydrogen-bond donors (Lipinski definition) is 2. The van der Waals surface area contributed by atoms with Gasteiger partial charge in [0.1, 0.15) is 0 Å². The lowest BCUT2D eigenvalue weighted by atomic mass is 10.1. The third-order valence-corrected chi connectivity index (χ3v) is 3.60. The molecule has 0 aliphatic carbocycles. The molecule has 2 aromatic carbocycles. The number of nitrogens with one attached hydrogen (secondary N) is 1. The number of rotatable bonds is 6. The minimum Gasteiger partial charge on any atom is -0.493 e. The predicted molar refractivity (Wildman–Crippen MR) is 92.9 cm³/mol. The molecule has 0 spiro atoms. The van der Waals surface area contributed by atoms with Gasteiger partial charge in [-0.25, -0.2) is 4.99 Å². The molecule has 0 aliphatic rings. The first-order valence-electron chi connectivity index (χ1n) is 7.43. The normalized spacial score (nSPS) is 11.2. The molecule has 0 atom stereocenters. The first kappa shape index (κ1) is 16.7. The zero-order valence-corrected chi connectivity index (χ0v) is 13.8. The Labute approximate surface area is 137 Å². The van der Waals surface area contributed by atoms with Crippen LogP contribution in [0.3, 0.4) is 0 Å². The van der Waals surface area contributed by atoms with Crippen LogP contribution in [0.5, 0.6) is 11.5 Å². The van der Waals surface area contributed by atoms with Gasteiger partial charge in [0.25, 0.3) is 0 Å². The highest BCUT2D eigenvalue weighted by atomic mass is 16.5. The zero-order valence-electron chi connectivity index (χ0n) is 13.8. The average molecular weight is 313 g/mol. The van der Waals surface area contributed by atoms with E-state index in [1.165, 1.54) is 11.1 Å². The van der Waals surface area contributed by atoms with Gasteiger partial charge in [-0.3, -0.25) is 0 Å². The van der Waals surface area contributed by atoms with Gasteiger partial charge in [-0.15, -0.1) is 0 Å². The topological polar surface area (TPSA) is 68.9 Å². The van der Waals surface area contributed by atoms with Crippen molar-refractivity contribution in [2.75, 3.05) is 14.2 Å². The fourth-order valence-corrected chi connectivity index (χ4v) is 2.21. The van der Waals surface area contributed by atoms with Crippen LogP contribution in [0.1, 0.15) is 16.7 Å². The van der Waals surface area contributed by atoms with Crippen molar-refractivity contribution in [2.24, 2.45) is 10.7 Å². The van der Waals surface area contributed by atoms with Gasteiger partial charge >= 0.3 is 0 Å². The minimum atomic E-state index is 0.419. The van der Waals surface area contributed by atoms with Gasteiger partial charge in [0.15, 0.2) is 17.5 Å². The van der Waals surface area contributed by atoms with E-state index in [4.69, 9.17) is 15.2 Å². The van der Waals surface area contributed by atoms with E-state index in [-0.39, 0.29) is 0 Å². The number of ether oxygens (including phenoxy) is 2. The summed E-state index contributed by atoms with van der Waals surface area (Å²) < 4.78 is 10.5. The second-order valence-corrected chi connectivity index (χ2v) is 5.17. The van der Waals surface area contributed by atoms with Gasteiger partial charge in [0.05, 0.1) is 20.8 Å². The molecule has 0 aliphatic heterocycles. The quantitative estimate of drug-likeness (QED) is 0.635. The smallest absolute Gasteiger partial charge is 0.189 e. The number of nitrogens with zero attached hydrogens (tertiary/aromatic N) is 1. The van der Waals surface area contributed by atoms with Crippen molar-refractivity contribution in [3.8, 4) is 11.5 Å². The maximum absolute atomic E-state index is 5.93. The molecule has 5 nitrogen and oxygen atoms in total. The SMILES string of the molecule is COc1ccc(CN=C(N)NCc2ccccc2C)cc1OC. The van der Waals surface area contributed by atoms with E-state index < -0.39 is 0 Å². The van der Waals surface area contributed by atoms with Crippen molar-refractivity contribution >= 4 is 5.96 Å². The molecule has 0 unspecified atom stereocenters. The number of aryl methyl sites for hydroxylation is 1. The number of aliphatic imine (C=N–C) groups is 1. The number of methoxy groups -OCH3 is 2. The summed E-state index contributed by atoms with van der Waals surface area (Å²) in [6, 6.07) is 13.9. The summed E-state index contributed by atoms with van der Waals surface area (Å²) in [5.74, 6) is 1.81. The molecule has 3 N–H and O–H groups in total. The Hall–Kier alpha value is -2.69. The molecule has 5 heteroatoms. The molecule has 122 valence electrons. The molecule has 0 radical (unpaired) electrons. The molecular weight excluding hydrogens is 290 g/mol. The van der Waals surface area contributed by atoms with Crippen LogP contribution in [0.2, 0.25) is 0 Å². The number of nitrogens with two attached hydrogens (primary N) is 1. The Kier molecular flexibility index (Phi) is 5.86. The summed E-state index contributed by atoms with van der Waals surface area (Å²) in [5.41, 5.74) is 9.37. The first-order chi connectivity index (χ1) is 11.1. The summed E-state index contributed by atoms with van der Waals surface area (Å²) in [7, 11) is 3.23. The highest BCUT2D eigenvalue weighted by Crippen LogP contribution is 2.27. The third-order valence-electron chi connectivity index (χ3n) is 3.60. The summed E-state index contributed by atoms with van der Waals surface area (Å²) in [4.78, 5) is 4.36. The van der Waals surface area contributed by atoms with Crippen LogP contribution in [0.15, 0.2) is 47.5 Å². The van der Waals surface area contributed by atoms with Crippen molar-refractivity contribution in [3.05, 3.63) is 59.2 Å². The van der Waals surface area contributed by atoms with Crippen LogP contribution in [0.25, 0.3) is 0 Å². The Bertz CT molecular complexity index is 684. The van der Waals surface area contributed by atoms with Crippen LogP contribution < -0.4 is 20.5 Å². The summed E-state index contributed by atoms with van der Waals surface area (Å²) in [6.45, 7) is 3.22. The standard InChI is InChI=1S/C18H23N3O2/c1-13-6-4-5-7-15(13)12-21-18(19)20-11-14-8-9-16(22-2)17(10-14)23-3/h4-10H,11-12H2,1-3H3,(H3,19,20,21). The van der Waals surface area contributed by atoms with Crippen LogP contribution in [-0.2, 0) is 13.1 Å². The molecule has 23 heavy (non-hydrogen) atoms. The summed E-state index contributed by atoms with van der Waals surface area (Å²) >= 11 is 0. The molecule has 0 saturated carbocycles. The highest BCUT2D eigenvalue weighted by Gasteiger charge is 2.04. The van der Waals surface area contributed by atoms with E-state index in [2.05, 4.69) is 29.4 Å². The van der Waals surface area contributed by atoms with E-state index in [0.717, 1.165) is 5.56 Å². The fourth-order valence-electron chi connectivity index (χ4n) is 2.21. The molecule has 2 rings (SSSR count). The Balaban J connectivity index is 1.95. The van der Waals surface area contributed by atoms with Crippen molar-refractivity contribution in [3.63, 3.8) is 0 Å². The van der Waals surface area contributed by atoms with Gasteiger partial charge in [0.2, 0.25) is 0 Å². The predicted octanol–water partition coefficient (Wildman–Crippen LogP) is 2.62. The molecule has 0 fully saturated rings. The van der Waals surface area contributed by atoms with E-state index in [9.17, 15) is 0 Å². The lowest BCUT2D eigenvalue weighted by molar-refractivity contribution is 0.354. The lowest BCUT2D eigenvalue weighted by Crippen LogP contribution is -2.31. The van der Waals surface area contributed by atoms with Gasteiger partial charge in [-0.05, 0) is 35.7 Å². The number of hydrogen-bond acceptors (Lipinski definition) is 3. The molecule has 0 bridgehead atoms. The molecule has 0 amide bonds. The summed E-state index contributed by atoms with van der Waals surface area (Å²) in [5, 5.41) is 3.13. The Morgan fingerprint density at radius 1 is 1.09 bits per heavy atom. The van der Waals surface area contributed by atoms with Crippen LogP contribution >= 0.6 is 0 Å². The van der Waals surface area contributed by atoms with Crippen molar-refractivity contribution < 1.29 is 9.47 Å². The zero-order chi connectivity index (χ0) is 16.7. The van der Waals surface area contributed by atoms with Crippen LogP contribution in [0, 0.1) is 6.92 Å². The minimum absolute atomic E-state index is 0.419. The fraction of sp³-hybridized carbons (Fsp3) is 0.278. The van der Waals surface area contributed by atoms with Gasteiger partial charge in [0, 0.05) is 6.54 Å². The monoisotopic (exact) mass is 313 g/mol. The maximum Gasteiger partial charge on any atom is 0.189 e. The molecule has 0 saturated heterocycles. The molecule has 0 aromatic heterocycles. The summed E-state index contributed by atoms with van der Waals surface area (Å²) in [6.07, 6.45) is 0. The largest absolute Gasteiger partial charge is 0.493 e. The average Bonchev–Trinajstić information content (AvgIpc) is 2.58. The maximum atomic E-state index is 5.93. The van der Waals surface area contributed by atoms with Crippen molar-refractivity contribution in [1.82, 2.24) is 5.32 Å². The number of guanidine groups is 1. The van der Waals surface area contributed by atoms with Gasteiger partial charge in [-0.1, -0.05) is 30.3 Å². The molecule has 2 aromatic rings. The highest BCUT2D eigenvalue weighted by molar-refractivity contribution is 5.77. The Morgan fingerprint density at radius 2 is 1.83 bits per heavy atom. The van der Waals surface area contributed by atoms with E-state index in [1.54, 1.807) is 14.2 Å². The molecular formula is C18H23N3O2. The second-order valence-electron chi connectivity index (χ2n) is 5.17.